The van der Waals surface area contributed by atoms with Crippen LogP contribution < -0.4 is 10.6 Å². The largest absolute Gasteiger partial charge is 0.397 e. The van der Waals surface area contributed by atoms with E-state index in [1.165, 1.54) is 16.8 Å². The lowest BCUT2D eigenvalue weighted by atomic mass is 9.99. The van der Waals surface area contributed by atoms with Crippen LogP contribution in [-0.2, 0) is 6.42 Å². The standard InChI is InChI=1S/C16H18BrN3/c1-10-5-6-14-12(8-10)4-3-7-20(14)16-15(17)11(2)13(18)9-19-16/h5-6,8-9H,3-4,7,18H2,1-2H3. The second-order valence-corrected chi connectivity index (χ2v) is 6.16. The SMILES string of the molecule is Cc1ccc2c(c1)CCCN2c1ncc(N)c(C)c1Br. The van der Waals surface area contributed by atoms with E-state index < -0.39 is 0 Å². The maximum atomic E-state index is 5.92. The van der Waals surface area contributed by atoms with Crippen LogP contribution in [0.3, 0.4) is 0 Å². The molecule has 1 aliphatic rings. The van der Waals surface area contributed by atoms with E-state index >= 15 is 0 Å². The Kier molecular flexibility index (Phi) is 3.42. The summed E-state index contributed by atoms with van der Waals surface area (Å²) < 4.78 is 0.992. The van der Waals surface area contributed by atoms with E-state index in [9.17, 15) is 0 Å². The molecule has 0 saturated carbocycles. The van der Waals surface area contributed by atoms with Crippen LogP contribution in [0.25, 0.3) is 0 Å². The van der Waals surface area contributed by atoms with Gasteiger partial charge >= 0.3 is 0 Å². The second-order valence-electron chi connectivity index (χ2n) is 5.36. The highest BCUT2D eigenvalue weighted by Gasteiger charge is 2.22. The smallest absolute Gasteiger partial charge is 0.147 e. The number of fused-ring (bicyclic) bond motifs is 1. The van der Waals surface area contributed by atoms with Crippen LogP contribution >= 0.6 is 15.9 Å². The molecule has 1 aromatic heterocycles. The molecule has 3 rings (SSSR count). The van der Waals surface area contributed by atoms with Crippen molar-refractivity contribution in [3.63, 3.8) is 0 Å². The van der Waals surface area contributed by atoms with Crippen molar-refractivity contribution in [1.82, 2.24) is 4.98 Å². The summed E-state index contributed by atoms with van der Waals surface area (Å²) in [7, 11) is 0. The van der Waals surface area contributed by atoms with Gasteiger partial charge in [0.25, 0.3) is 0 Å². The van der Waals surface area contributed by atoms with Crippen LogP contribution in [-0.4, -0.2) is 11.5 Å². The first-order chi connectivity index (χ1) is 9.58. The summed E-state index contributed by atoms with van der Waals surface area (Å²) in [6.45, 7) is 5.15. The molecule has 0 aliphatic carbocycles. The Hall–Kier alpha value is -1.55. The summed E-state index contributed by atoms with van der Waals surface area (Å²) in [6.07, 6.45) is 4.03. The number of benzene rings is 1. The van der Waals surface area contributed by atoms with Crippen molar-refractivity contribution in [3.05, 3.63) is 45.6 Å². The first kappa shape index (κ1) is 13.4. The molecule has 1 aliphatic heterocycles. The number of nitrogens with two attached hydrogens (primary N) is 1. The van der Waals surface area contributed by atoms with Crippen LogP contribution in [0.4, 0.5) is 17.2 Å². The van der Waals surface area contributed by atoms with Crippen LogP contribution in [0.15, 0.2) is 28.9 Å². The number of pyridine rings is 1. The van der Waals surface area contributed by atoms with Gasteiger partial charge in [-0.15, -0.1) is 0 Å². The zero-order valence-corrected chi connectivity index (χ0v) is 13.4. The number of anilines is 3. The number of halogens is 1. The molecule has 0 radical (unpaired) electrons. The van der Waals surface area contributed by atoms with Crippen molar-refractivity contribution < 1.29 is 0 Å². The van der Waals surface area contributed by atoms with E-state index in [1.807, 2.05) is 6.92 Å². The molecular formula is C16H18BrN3. The van der Waals surface area contributed by atoms with Crippen molar-refractivity contribution in [1.29, 1.82) is 0 Å². The third-order valence-corrected chi connectivity index (χ3v) is 4.84. The van der Waals surface area contributed by atoms with Crippen LogP contribution in [0.5, 0.6) is 0 Å². The fraction of sp³-hybridized carbons (Fsp3) is 0.312. The van der Waals surface area contributed by atoms with Gasteiger partial charge in [-0.3, -0.25) is 0 Å². The lowest BCUT2D eigenvalue weighted by molar-refractivity contribution is 0.757. The molecule has 2 heterocycles. The van der Waals surface area contributed by atoms with Gasteiger partial charge < -0.3 is 10.6 Å². The fourth-order valence-electron chi connectivity index (χ4n) is 2.71. The Bertz CT molecular complexity index is 667. The highest BCUT2D eigenvalue weighted by atomic mass is 79.9. The quantitative estimate of drug-likeness (QED) is 0.854. The molecule has 20 heavy (non-hydrogen) atoms. The Morgan fingerprint density at radius 1 is 1.30 bits per heavy atom. The molecule has 4 heteroatoms. The first-order valence-electron chi connectivity index (χ1n) is 6.85. The van der Waals surface area contributed by atoms with Gasteiger partial charge in [0.05, 0.1) is 16.4 Å². The summed E-state index contributed by atoms with van der Waals surface area (Å²) in [5.41, 5.74) is 11.7. The third kappa shape index (κ3) is 2.18. The molecule has 0 amide bonds. The average Bonchev–Trinajstić information content (AvgIpc) is 2.44. The number of nitrogens with zero attached hydrogens (tertiary/aromatic N) is 2. The zero-order chi connectivity index (χ0) is 14.3. The summed E-state index contributed by atoms with van der Waals surface area (Å²) in [5, 5.41) is 0. The molecule has 0 unspecified atom stereocenters. The molecule has 0 fully saturated rings. The van der Waals surface area contributed by atoms with E-state index in [4.69, 9.17) is 5.73 Å². The Balaban J connectivity index is 2.12. The number of hydrogen-bond donors (Lipinski definition) is 1. The topological polar surface area (TPSA) is 42.2 Å². The second kappa shape index (κ2) is 5.09. The molecule has 2 N–H and O–H groups in total. The minimum absolute atomic E-state index is 0.724. The maximum absolute atomic E-state index is 5.92. The lowest BCUT2D eigenvalue weighted by Gasteiger charge is -2.31. The highest BCUT2D eigenvalue weighted by molar-refractivity contribution is 9.10. The predicted molar refractivity (Wildman–Crippen MR) is 87.6 cm³/mol. The monoisotopic (exact) mass is 331 g/mol. The van der Waals surface area contributed by atoms with Crippen LogP contribution in [0, 0.1) is 13.8 Å². The van der Waals surface area contributed by atoms with Crippen molar-refractivity contribution in [2.75, 3.05) is 17.2 Å². The Morgan fingerprint density at radius 3 is 2.90 bits per heavy atom. The molecular weight excluding hydrogens is 314 g/mol. The van der Waals surface area contributed by atoms with E-state index in [0.717, 1.165) is 40.9 Å². The van der Waals surface area contributed by atoms with Crippen molar-refractivity contribution in [2.45, 2.75) is 26.7 Å². The van der Waals surface area contributed by atoms with E-state index in [1.54, 1.807) is 6.20 Å². The van der Waals surface area contributed by atoms with Crippen molar-refractivity contribution in [2.24, 2.45) is 0 Å². The number of hydrogen-bond acceptors (Lipinski definition) is 3. The number of aryl methyl sites for hydroxylation is 2. The first-order valence-corrected chi connectivity index (χ1v) is 7.65. The Morgan fingerprint density at radius 2 is 2.10 bits per heavy atom. The van der Waals surface area contributed by atoms with Gasteiger partial charge in [0.1, 0.15) is 5.82 Å². The van der Waals surface area contributed by atoms with Crippen LogP contribution in [0.2, 0.25) is 0 Å². The molecule has 0 spiro atoms. The highest BCUT2D eigenvalue weighted by Crippen LogP contribution is 2.38. The fourth-order valence-corrected chi connectivity index (χ4v) is 3.26. The van der Waals surface area contributed by atoms with E-state index in [-0.39, 0.29) is 0 Å². The van der Waals surface area contributed by atoms with Gasteiger partial charge in [0.15, 0.2) is 0 Å². The van der Waals surface area contributed by atoms with Gasteiger partial charge in [-0.25, -0.2) is 4.98 Å². The molecule has 0 atom stereocenters. The van der Waals surface area contributed by atoms with Crippen molar-refractivity contribution >= 4 is 33.1 Å². The van der Waals surface area contributed by atoms with Gasteiger partial charge in [-0.2, -0.15) is 0 Å². The van der Waals surface area contributed by atoms with Gasteiger partial charge in [0, 0.05) is 12.2 Å². The number of nitrogen functional groups attached to an aromatic ring is 1. The van der Waals surface area contributed by atoms with Crippen LogP contribution in [0.1, 0.15) is 23.1 Å². The minimum Gasteiger partial charge on any atom is -0.397 e. The molecule has 104 valence electrons. The van der Waals surface area contributed by atoms with E-state index in [2.05, 4.69) is 50.9 Å². The summed E-state index contributed by atoms with van der Waals surface area (Å²) in [6, 6.07) is 6.64. The number of aromatic nitrogens is 1. The van der Waals surface area contributed by atoms with Gasteiger partial charge in [0.2, 0.25) is 0 Å². The summed E-state index contributed by atoms with van der Waals surface area (Å²) in [4.78, 5) is 6.82. The zero-order valence-electron chi connectivity index (χ0n) is 11.8. The molecule has 2 aromatic rings. The van der Waals surface area contributed by atoms with Gasteiger partial charge in [-0.05, 0) is 59.8 Å². The van der Waals surface area contributed by atoms with Crippen molar-refractivity contribution in [3.8, 4) is 0 Å². The predicted octanol–water partition coefficient (Wildman–Crippen LogP) is 4.13. The molecule has 0 saturated heterocycles. The average molecular weight is 332 g/mol. The molecule has 3 nitrogen and oxygen atoms in total. The normalized spacial score (nSPS) is 14.2. The van der Waals surface area contributed by atoms with E-state index in [0.29, 0.717) is 0 Å². The summed E-state index contributed by atoms with van der Waals surface area (Å²) in [5.74, 6) is 0.960. The Labute approximate surface area is 127 Å². The summed E-state index contributed by atoms with van der Waals surface area (Å²) >= 11 is 3.65. The third-order valence-electron chi connectivity index (χ3n) is 3.89. The molecule has 0 bridgehead atoms. The molecule has 1 aromatic carbocycles. The maximum Gasteiger partial charge on any atom is 0.147 e. The lowest BCUT2D eigenvalue weighted by Crippen LogP contribution is -2.26. The minimum atomic E-state index is 0.724. The van der Waals surface area contributed by atoms with Gasteiger partial charge in [-0.1, -0.05) is 17.7 Å². The number of rotatable bonds is 1.